The molecule has 0 unspecified atom stereocenters. The number of hydrogen-bond donors (Lipinski definition) is 0. The Bertz CT molecular complexity index is 766. The fraction of sp³-hybridized carbons (Fsp3) is 0.412. The van der Waals surface area contributed by atoms with E-state index in [0.717, 1.165) is 0 Å². The van der Waals surface area contributed by atoms with Crippen molar-refractivity contribution in [3.05, 3.63) is 46.3 Å². The Morgan fingerprint density at radius 1 is 1.27 bits per heavy atom. The van der Waals surface area contributed by atoms with Crippen LogP contribution in [0.5, 0.6) is 0 Å². The van der Waals surface area contributed by atoms with Gasteiger partial charge in [0.1, 0.15) is 5.58 Å². The molecule has 22 heavy (non-hydrogen) atoms. The van der Waals surface area contributed by atoms with Crippen LogP contribution >= 0.6 is 0 Å². The summed E-state index contributed by atoms with van der Waals surface area (Å²) in [5.41, 5.74) is 0.274. The first-order chi connectivity index (χ1) is 10.5. The summed E-state index contributed by atoms with van der Waals surface area (Å²) in [4.78, 5) is 28.6. The minimum absolute atomic E-state index is 0.121. The highest BCUT2D eigenvalue weighted by Gasteiger charge is 2.34. The standard InChI is InChI=1S/C17H20N2O3/c1-11-9-19(10-13(11)18(2)3)17(21)16-8-14(20)12-6-4-5-7-15(12)22-16/h4-8,11,13H,9-10H2,1-3H3/t11-,13-/m1/s1. The van der Waals surface area contributed by atoms with Crippen LogP contribution in [0.2, 0.25) is 0 Å². The zero-order chi connectivity index (χ0) is 15.9. The minimum Gasteiger partial charge on any atom is -0.451 e. The molecular formula is C17H20N2O3. The fourth-order valence-corrected chi connectivity index (χ4v) is 3.15. The lowest BCUT2D eigenvalue weighted by molar-refractivity contribution is 0.0750. The second kappa shape index (κ2) is 5.57. The Hall–Kier alpha value is -2.14. The number of likely N-dealkylation sites (N-methyl/N-ethyl adjacent to an activating group) is 1. The summed E-state index contributed by atoms with van der Waals surface area (Å²) in [5.74, 6) is 0.306. The van der Waals surface area contributed by atoms with Gasteiger partial charge in [-0.1, -0.05) is 19.1 Å². The average molecular weight is 300 g/mol. The lowest BCUT2D eigenvalue weighted by Gasteiger charge is -2.22. The van der Waals surface area contributed by atoms with Gasteiger partial charge in [0.15, 0.2) is 11.2 Å². The monoisotopic (exact) mass is 300 g/mol. The molecule has 1 amide bonds. The third kappa shape index (κ3) is 2.52. The molecule has 0 bridgehead atoms. The van der Waals surface area contributed by atoms with Crippen LogP contribution in [0, 0.1) is 5.92 Å². The van der Waals surface area contributed by atoms with E-state index in [1.54, 1.807) is 29.2 Å². The summed E-state index contributed by atoms with van der Waals surface area (Å²) in [5, 5.41) is 0.500. The molecule has 3 rings (SSSR count). The van der Waals surface area contributed by atoms with Crippen molar-refractivity contribution < 1.29 is 9.21 Å². The predicted octanol–water partition coefficient (Wildman–Crippen LogP) is 1.82. The van der Waals surface area contributed by atoms with E-state index >= 15 is 0 Å². The van der Waals surface area contributed by atoms with Gasteiger partial charge in [0.25, 0.3) is 5.91 Å². The number of amides is 1. The summed E-state index contributed by atoms with van der Waals surface area (Å²) in [6.45, 7) is 3.47. The number of benzene rings is 1. The van der Waals surface area contributed by atoms with Gasteiger partial charge in [0, 0.05) is 25.2 Å². The summed E-state index contributed by atoms with van der Waals surface area (Å²) in [7, 11) is 4.04. The third-order valence-corrected chi connectivity index (χ3v) is 4.37. The first-order valence-corrected chi connectivity index (χ1v) is 7.46. The molecule has 1 saturated heterocycles. The van der Waals surface area contributed by atoms with Crippen LogP contribution in [0.4, 0.5) is 0 Å². The van der Waals surface area contributed by atoms with E-state index in [0.29, 0.717) is 36.0 Å². The van der Waals surface area contributed by atoms with Crippen LogP contribution in [-0.2, 0) is 0 Å². The van der Waals surface area contributed by atoms with E-state index < -0.39 is 0 Å². The molecule has 2 heterocycles. The van der Waals surface area contributed by atoms with Crippen LogP contribution in [0.25, 0.3) is 11.0 Å². The van der Waals surface area contributed by atoms with Crippen molar-refractivity contribution in [3.63, 3.8) is 0 Å². The first kappa shape index (κ1) is 14.8. The molecule has 1 aliphatic rings. The Labute approximate surface area is 129 Å². The normalized spacial score (nSPS) is 21.7. The van der Waals surface area contributed by atoms with Crippen LogP contribution in [0.1, 0.15) is 17.5 Å². The number of likely N-dealkylation sites (tertiary alicyclic amines) is 1. The van der Waals surface area contributed by atoms with Crippen molar-refractivity contribution in [2.45, 2.75) is 13.0 Å². The van der Waals surface area contributed by atoms with Gasteiger partial charge in [0.2, 0.25) is 0 Å². The van der Waals surface area contributed by atoms with Crippen molar-refractivity contribution in [1.29, 1.82) is 0 Å². The smallest absolute Gasteiger partial charge is 0.289 e. The quantitative estimate of drug-likeness (QED) is 0.849. The second-order valence-corrected chi connectivity index (χ2v) is 6.19. The van der Waals surface area contributed by atoms with Gasteiger partial charge in [-0.2, -0.15) is 0 Å². The highest BCUT2D eigenvalue weighted by molar-refractivity contribution is 5.93. The Kier molecular flexibility index (Phi) is 3.74. The number of hydrogen-bond acceptors (Lipinski definition) is 4. The van der Waals surface area contributed by atoms with Gasteiger partial charge >= 0.3 is 0 Å². The zero-order valence-corrected chi connectivity index (χ0v) is 13.1. The largest absolute Gasteiger partial charge is 0.451 e. The maximum Gasteiger partial charge on any atom is 0.289 e. The maximum atomic E-state index is 12.6. The minimum atomic E-state index is -0.209. The van der Waals surface area contributed by atoms with E-state index in [4.69, 9.17) is 4.42 Å². The summed E-state index contributed by atoms with van der Waals surface area (Å²) in [6, 6.07) is 8.62. The van der Waals surface area contributed by atoms with E-state index in [9.17, 15) is 9.59 Å². The molecule has 0 aliphatic carbocycles. The van der Waals surface area contributed by atoms with Crippen LogP contribution in [0.15, 0.2) is 39.5 Å². The zero-order valence-electron chi connectivity index (χ0n) is 13.1. The van der Waals surface area contributed by atoms with E-state index in [2.05, 4.69) is 11.8 Å². The number of rotatable bonds is 2. The summed E-state index contributed by atoms with van der Waals surface area (Å²) in [6.07, 6.45) is 0. The molecule has 0 radical (unpaired) electrons. The van der Waals surface area contributed by atoms with Crippen molar-refractivity contribution >= 4 is 16.9 Å². The van der Waals surface area contributed by atoms with Crippen molar-refractivity contribution in [2.75, 3.05) is 27.2 Å². The van der Waals surface area contributed by atoms with Gasteiger partial charge in [-0.15, -0.1) is 0 Å². The Morgan fingerprint density at radius 3 is 2.68 bits per heavy atom. The third-order valence-electron chi connectivity index (χ3n) is 4.37. The second-order valence-electron chi connectivity index (χ2n) is 6.19. The van der Waals surface area contributed by atoms with Crippen molar-refractivity contribution in [3.8, 4) is 0 Å². The molecule has 116 valence electrons. The lowest BCUT2D eigenvalue weighted by Crippen LogP contribution is -2.36. The number of para-hydroxylation sites is 1. The van der Waals surface area contributed by atoms with Crippen LogP contribution in [0.3, 0.4) is 0 Å². The number of nitrogens with zero attached hydrogens (tertiary/aromatic N) is 2. The Morgan fingerprint density at radius 2 is 2.00 bits per heavy atom. The van der Waals surface area contributed by atoms with Gasteiger partial charge in [-0.3, -0.25) is 9.59 Å². The maximum absolute atomic E-state index is 12.6. The van der Waals surface area contributed by atoms with Crippen molar-refractivity contribution in [2.24, 2.45) is 5.92 Å². The molecule has 2 aromatic rings. The van der Waals surface area contributed by atoms with E-state index in [1.165, 1.54) is 6.07 Å². The molecule has 1 aliphatic heterocycles. The SMILES string of the molecule is C[C@@H]1CN(C(=O)c2cc(=O)c3ccccc3o2)C[C@H]1N(C)C. The molecule has 5 heteroatoms. The molecule has 1 aromatic heterocycles. The van der Waals surface area contributed by atoms with Crippen LogP contribution in [-0.4, -0.2) is 48.9 Å². The molecule has 1 fully saturated rings. The summed E-state index contributed by atoms with van der Waals surface area (Å²) < 4.78 is 5.64. The molecule has 5 nitrogen and oxygen atoms in total. The summed E-state index contributed by atoms with van der Waals surface area (Å²) >= 11 is 0. The van der Waals surface area contributed by atoms with Crippen molar-refractivity contribution in [1.82, 2.24) is 9.80 Å². The van der Waals surface area contributed by atoms with Gasteiger partial charge < -0.3 is 14.2 Å². The number of carbonyl (C=O) groups excluding carboxylic acids is 1. The molecule has 2 atom stereocenters. The van der Waals surface area contributed by atoms with Gasteiger partial charge in [0.05, 0.1) is 5.39 Å². The number of fused-ring (bicyclic) bond motifs is 1. The van der Waals surface area contributed by atoms with E-state index in [-0.39, 0.29) is 17.1 Å². The molecular weight excluding hydrogens is 280 g/mol. The first-order valence-electron chi connectivity index (χ1n) is 7.46. The molecule has 0 saturated carbocycles. The highest BCUT2D eigenvalue weighted by Crippen LogP contribution is 2.22. The molecule has 0 N–H and O–H groups in total. The fourth-order valence-electron chi connectivity index (χ4n) is 3.15. The number of carbonyl (C=O) groups is 1. The van der Waals surface area contributed by atoms with Gasteiger partial charge in [-0.25, -0.2) is 0 Å². The predicted molar refractivity (Wildman–Crippen MR) is 85.0 cm³/mol. The lowest BCUT2D eigenvalue weighted by atomic mass is 10.1. The molecule has 0 spiro atoms. The highest BCUT2D eigenvalue weighted by atomic mass is 16.3. The topological polar surface area (TPSA) is 53.8 Å². The van der Waals surface area contributed by atoms with Gasteiger partial charge in [-0.05, 0) is 32.1 Å². The van der Waals surface area contributed by atoms with Crippen LogP contribution < -0.4 is 5.43 Å². The van der Waals surface area contributed by atoms with E-state index in [1.807, 2.05) is 14.1 Å². The molecule has 1 aromatic carbocycles. The average Bonchev–Trinajstić information content (AvgIpc) is 2.88. The Balaban J connectivity index is 1.92.